The first kappa shape index (κ1) is 17.6. The van der Waals surface area contributed by atoms with Gasteiger partial charge in [0.1, 0.15) is 5.82 Å². The topological polar surface area (TPSA) is 44.4 Å². The number of hydrogen-bond acceptors (Lipinski definition) is 3. The lowest BCUT2D eigenvalue weighted by atomic mass is 9.97. The van der Waals surface area contributed by atoms with E-state index in [1.54, 1.807) is 12.1 Å². The van der Waals surface area contributed by atoms with Gasteiger partial charge in [-0.05, 0) is 62.9 Å². The molecule has 2 saturated heterocycles. The lowest BCUT2D eigenvalue weighted by Crippen LogP contribution is -2.45. The quantitative estimate of drug-likeness (QED) is 0.855. The summed E-state index contributed by atoms with van der Waals surface area (Å²) in [6.07, 6.45) is 4.18. The number of carbonyl (C=O) groups excluding carboxylic acids is 1. The molecule has 0 saturated carbocycles. The molecular weight excluding hydrogens is 329 g/mol. The molecule has 3 rings (SSSR count). The molecule has 0 spiro atoms. The van der Waals surface area contributed by atoms with Crippen molar-refractivity contribution in [2.24, 2.45) is 5.92 Å². The van der Waals surface area contributed by atoms with Crippen LogP contribution >= 0.6 is 11.6 Å². The average molecular weight is 354 g/mol. The monoisotopic (exact) mass is 353 g/mol. The lowest BCUT2D eigenvalue weighted by Gasteiger charge is -2.33. The Morgan fingerprint density at radius 3 is 3.04 bits per heavy atom. The van der Waals surface area contributed by atoms with E-state index in [-0.39, 0.29) is 17.8 Å². The predicted molar refractivity (Wildman–Crippen MR) is 93.4 cm³/mol. The van der Waals surface area contributed by atoms with E-state index in [0.29, 0.717) is 29.6 Å². The van der Waals surface area contributed by atoms with Crippen molar-refractivity contribution >= 4 is 17.5 Å². The fourth-order valence-electron chi connectivity index (χ4n) is 3.64. The van der Waals surface area contributed by atoms with Crippen molar-refractivity contribution < 1.29 is 9.18 Å². The molecular formula is C18H25ClFN3O. The third kappa shape index (κ3) is 4.68. The highest BCUT2D eigenvalue weighted by molar-refractivity contribution is 6.30. The number of carbonyl (C=O) groups is 1. The molecule has 0 aliphatic carbocycles. The molecule has 132 valence electrons. The summed E-state index contributed by atoms with van der Waals surface area (Å²) in [5.41, 5.74) is 0.641. The van der Waals surface area contributed by atoms with Crippen LogP contribution in [0.1, 0.15) is 31.2 Å². The van der Waals surface area contributed by atoms with E-state index in [2.05, 4.69) is 15.5 Å². The molecule has 6 heteroatoms. The number of benzene rings is 1. The number of piperidine rings is 1. The van der Waals surface area contributed by atoms with E-state index in [4.69, 9.17) is 11.6 Å². The second-order valence-electron chi connectivity index (χ2n) is 6.87. The summed E-state index contributed by atoms with van der Waals surface area (Å²) in [6, 6.07) is 4.68. The Balaban J connectivity index is 1.49. The van der Waals surface area contributed by atoms with E-state index < -0.39 is 0 Å². The molecule has 1 amide bonds. The Kier molecular flexibility index (Phi) is 6.09. The molecule has 2 atom stereocenters. The number of likely N-dealkylation sites (tertiary alicyclic amines) is 1. The minimum absolute atomic E-state index is 0.0229. The van der Waals surface area contributed by atoms with Crippen LogP contribution in [0, 0.1) is 11.7 Å². The van der Waals surface area contributed by atoms with Crippen LogP contribution in [0.15, 0.2) is 18.2 Å². The Morgan fingerprint density at radius 1 is 1.38 bits per heavy atom. The highest BCUT2D eigenvalue weighted by Gasteiger charge is 2.25. The van der Waals surface area contributed by atoms with Crippen LogP contribution in [0.2, 0.25) is 5.02 Å². The number of amides is 1. The molecule has 2 heterocycles. The maximum atomic E-state index is 13.9. The second kappa shape index (κ2) is 8.28. The molecule has 24 heavy (non-hydrogen) atoms. The van der Waals surface area contributed by atoms with Gasteiger partial charge in [-0.1, -0.05) is 11.6 Å². The summed E-state index contributed by atoms with van der Waals surface area (Å²) in [4.78, 5) is 14.3. The van der Waals surface area contributed by atoms with Gasteiger partial charge in [0, 0.05) is 30.2 Å². The van der Waals surface area contributed by atoms with Gasteiger partial charge in [-0.3, -0.25) is 9.69 Å². The summed E-state index contributed by atoms with van der Waals surface area (Å²) in [5.74, 6) is 0.332. The number of rotatable bonds is 5. The van der Waals surface area contributed by atoms with Gasteiger partial charge in [0.2, 0.25) is 5.91 Å². The zero-order chi connectivity index (χ0) is 16.9. The van der Waals surface area contributed by atoms with Gasteiger partial charge in [-0.2, -0.15) is 0 Å². The van der Waals surface area contributed by atoms with Gasteiger partial charge >= 0.3 is 0 Å². The Labute approximate surface area is 147 Å². The largest absolute Gasteiger partial charge is 0.354 e. The van der Waals surface area contributed by atoms with Crippen LogP contribution < -0.4 is 10.6 Å². The molecule has 2 unspecified atom stereocenters. The Hall–Kier alpha value is -1.17. The third-order valence-electron chi connectivity index (χ3n) is 4.95. The van der Waals surface area contributed by atoms with E-state index in [1.807, 2.05) is 0 Å². The first-order valence-corrected chi connectivity index (χ1v) is 9.17. The first-order chi connectivity index (χ1) is 11.6. The summed E-state index contributed by atoms with van der Waals surface area (Å²) in [7, 11) is 0. The van der Waals surface area contributed by atoms with Crippen molar-refractivity contribution in [2.75, 3.05) is 26.2 Å². The van der Waals surface area contributed by atoms with Gasteiger partial charge in [0.05, 0.1) is 6.04 Å². The molecule has 2 aliphatic heterocycles. The van der Waals surface area contributed by atoms with Crippen LogP contribution in [-0.2, 0) is 11.3 Å². The maximum absolute atomic E-state index is 13.9. The fourth-order valence-corrected chi connectivity index (χ4v) is 3.84. The summed E-state index contributed by atoms with van der Waals surface area (Å²) >= 11 is 5.97. The highest BCUT2D eigenvalue weighted by Crippen LogP contribution is 2.21. The van der Waals surface area contributed by atoms with Crippen molar-refractivity contribution in [2.45, 2.75) is 38.3 Å². The molecule has 1 aromatic rings. The molecule has 1 aromatic carbocycles. The average Bonchev–Trinajstić information content (AvgIpc) is 3.11. The Bertz CT molecular complexity index is 577. The van der Waals surface area contributed by atoms with E-state index in [1.165, 1.54) is 6.07 Å². The van der Waals surface area contributed by atoms with Crippen molar-refractivity contribution in [3.8, 4) is 0 Å². The number of nitrogens with zero attached hydrogens (tertiary/aromatic N) is 1. The summed E-state index contributed by atoms with van der Waals surface area (Å²) in [6.45, 7) is 4.04. The van der Waals surface area contributed by atoms with Gasteiger partial charge in [-0.25, -0.2) is 4.39 Å². The number of hydrogen-bond donors (Lipinski definition) is 2. The van der Waals surface area contributed by atoms with Crippen molar-refractivity contribution in [1.82, 2.24) is 15.5 Å². The van der Waals surface area contributed by atoms with Crippen LogP contribution in [-0.4, -0.2) is 43.0 Å². The third-order valence-corrected chi connectivity index (χ3v) is 5.18. The minimum atomic E-state index is -0.206. The molecule has 0 aromatic heterocycles. The first-order valence-electron chi connectivity index (χ1n) is 8.79. The summed E-state index contributed by atoms with van der Waals surface area (Å²) < 4.78 is 13.9. The van der Waals surface area contributed by atoms with Crippen molar-refractivity contribution in [1.29, 1.82) is 0 Å². The van der Waals surface area contributed by atoms with Gasteiger partial charge < -0.3 is 10.6 Å². The maximum Gasteiger partial charge on any atom is 0.237 e. The fraction of sp³-hybridized carbons (Fsp3) is 0.611. The van der Waals surface area contributed by atoms with E-state index in [0.717, 1.165) is 45.3 Å². The molecule has 0 radical (unpaired) electrons. The molecule has 4 nitrogen and oxygen atoms in total. The van der Waals surface area contributed by atoms with Gasteiger partial charge in [-0.15, -0.1) is 0 Å². The van der Waals surface area contributed by atoms with Crippen LogP contribution in [0.25, 0.3) is 0 Å². The zero-order valence-corrected chi connectivity index (χ0v) is 14.6. The number of halogens is 2. The minimum Gasteiger partial charge on any atom is -0.354 e. The second-order valence-corrected chi connectivity index (χ2v) is 7.31. The molecule has 2 N–H and O–H groups in total. The normalized spacial score (nSPS) is 24.9. The van der Waals surface area contributed by atoms with E-state index >= 15 is 0 Å². The lowest BCUT2D eigenvalue weighted by molar-refractivity contribution is -0.123. The molecule has 2 aliphatic rings. The van der Waals surface area contributed by atoms with Crippen molar-refractivity contribution in [3.05, 3.63) is 34.6 Å². The molecule has 0 bridgehead atoms. The van der Waals surface area contributed by atoms with Crippen LogP contribution in [0.4, 0.5) is 4.39 Å². The highest BCUT2D eigenvalue weighted by atomic mass is 35.5. The van der Waals surface area contributed by atoms with Crippen LogP contribution in [0.3, 0.4) is 0 Å². The number of nitrogens with one attached hydrogen (secondary N) is 2. The SMILES string of the molecule is O=C(NCC1CCCN(Cc2cc(Cl)ccc2F)C1)C1CCCN1. The van der Waals surface area contributed by atoms with Crippen molar-refractivity contribution in [3.63, 3.8) is 0 Å². The smallest absolute Gasteiger partial charge is 0.237 e. The molecule has 2 fully saturated rings. The van der Waals surface area contributed by atoms with Gasteiger partial charge in [0.25, 0.3) is 0 Å². The van der Waals surface area contributed by atoms with E-state index in [9.17, 15) is 9.18 Å². The zero-order valence-electron chi connectivity index (χ0n) is 13.9. The standard InChI is InChI=1S/C18H25ClFN3O/c19-15-5-6-16(20)14(9-15)12-23-8-2-3-13(11-23)10-22-18(24)17-4-1-7-21-17/h5-6,9,13,17,21H,1-4,7-8,10-12H2,(H,22,24). The predicted octanol–water partition coefficient (Wildman–Crippen LogP) is 2.56. The van der Waals surface area contributed by atoms with Gasteiger partial charge in [0.15, 0.2) is 0 Å². The van der Waals surface area contributed by atoms with Crippen LogP contribution in [0.5, 0.6) is 0 Å². The summed E-state index contributed by atoms with van der Waals surface area (Å²) in [5, 5.41) is 6.86. The Morgan fingerprint density at radius 2 is 2.25 bits per heavy atom.